The topological polar surface area (TPSA) is 35.6 Å². The molecule has 0 aromatic rings. The minimum absolute atomic E-state index is 0.138. The maximum atomic E-state index is 12.5. The summed E-state index contributed by atoms with van der Waals surface area (Å²) >= 11 is 0. The van der Waals surface area contributed by atoms with Crippen molar-refractivity contribution in [1.29, 1.82) is 0 Å². The molecule has 19 heavy (non-hydrogen) atoms. The number of nitrogens with one attached hydrogen (secondary N) is 1. The lowest BCUT2D eigenvalue weighted by molar-refractivity contribution is -0.133. The van der Waals surface area contributed by atoms with Crippen molar-refractivity contribution in [2.24, 2.45) is 0 Å². The second kappa shape index (κ2) is 6.23. The third kappa shape index (κ3) is 3.48. The van der Waals surface area contributed by atoms with E-state index >= 15 is 0 Å². The number of hydrogen-bond acceptors (Lipinski definition) is 3. The Bertz CT molecular complexity index is 309. The van der Waals surface area contributed by atoms with Crippen LogP contribution in [0.5, 0.6) is 0 Å². The molecule has 1 heterocycles. The Morgan fingerprint density at radius 2 is 1.84 bits per heavy atom. The minimum atomic E-state index is -0.375. The molecular formula is C15H31N3O. The molecule has 1 amide bonds. The summed E-state index contributed by atoms with van der Waals surface area (Å²) in [6, 6.07) is 1.03. The van der Waals surface area contributed by atoms with Crippen LogP contribution in [-0.4, -0.2) is 52.6 Å². The maximum Gasteiger partial charge on any atom is 0.243 e. The van der Waals surface area contributed by atoms with Crippen molar-refractivity contribution in [2.45, 2.75) is 78.7 Å². The van der Waals surface area contributed by atoms with Gasteiger partial charge in [0.2, 0.25) is 5.91 Å². The van der Waals surface area contributed by atoms with E-state index in [1.165, 1.54) is 0 Å². The molecule has 0 aromatic heterocycles. The SMILES string of the molecule is CCC1(C)NC(C)N(CCN(C(C)C)C(C)C)C1=O. The Hall–Kier alpha value is -0.610. The molecule has 2 atom stereocenters. The Labute approximate surface area is 118 Å². The van der Waals surface area contributed by atoms with E-state index in [0.29, 0.717) is 12.1 Å². The number of hydrogen-bond donors (Lipinski definition) is 1. The van der Waals surface area contributed by atoms with Gasteiger partial charge in [0, 0.05) is 25.2 Å². The summed E-state index contributed by atoms with van der Waals surface area (Å²) in [6.07, 6.45) is 0.976. The molecule has 112 valence electrons. The Kier molecular flexibility index (Phi) is 5.39. The quantitative estimate of drug-likeness (QED) is 0.801. The first-order valence-electron chi connectivity index (χ1n) is 7.57. The lowest BCUT2D eigenvalue weighted by atomic mass is 9.99. The van der Waals surface area contributed by atoms with Gasteiger partial charge in [-0.3, -0.25) is 15.0 Å². The highest BCUT2D eigenvalue weighted by atomic mass is 16.2. The smallest absolute Gasteiger partial charge is 0.243 e. The van der Waals surface area contributed by atoms with Gasteiger partial charge in [-0.05, 0) is 48.0 Å². The van der Waals surface area contributed by atoms with Gasteiger partial charge < -0.3 is 4.90 Å². The summed E-state index contributed by atoms with van der Waals surface area (Å²) in [5.41, 5.74) is -0.375. The van der Waals surface area contributed by atoms with Crippen LogP contribution in [-0.2, 0) is 4.79 Å². The second-order valence-electron chi connectivity index (χ2n) is 6.43. The molecule has 1 aliphatic heterocycles. The van der Waals surface area contributed by atoms with Crippen molar-refractivity contribution >= 4 is 5.91 Å². The molecule has 2 unspecified atom stereocenters. The number of rotatable bonds is 6. The first kappa shape index (κ1) is 16.4. The van der Waals surface area contributed by atoms with Crippen LogP contribution in [0.25, 0.3) is 0 Å². The van der Waals surface area contributed by atoms with Crippen LogP contribution in [0.2, 0.25) is 0 Å². The zero-order valence-electron chi connectivity index (χ0n) is 13.7. The molecule has 4 nitrogen and oxygen atoms in total. The van der Waals surface area contributed by atoms with E-state index in [1.807, 2.05) is 11.8 Å². The van der Waals surface area contributed by atoms with E-state index in [2.05, 4.69) is 51.8 Å². The molecule has 4 heteroatoms. The average Bonchev–Trinajstić information content (AvgIpc) is 2.52. The molecule has 1 aliphatic rings. The van der Waals surface area contributed by atoms with Crippen molar-refractivity contribution in [2.75, 3.05) is 13.1 Å². The summed E-state index contributed by atoms with van der Waals surface area (Å²) in [7, 11) is 0. The summed E-state index contributed by atoms with van der Waals surface area (Å²) in [5, 5.41) is 3.42. The van der Waals surface area contributed by atoms with Crippen LogP contribution in [0.15, 0.2) is 0 Å². The normalized spacial score (nSPS) is 28.2. The van der Waals surface area contributed by atoms with Gasteiger partial charge in [0.15, 0.2) is 0 Å². The summed E-state index contributed by atoms with van der Waals surface area (Å²) in [5.74, 6) is 0.245. The van der Waals surface area contributed by atoms with Gasteiger partial charge in [0.05, 0.1) is 11.7 Å². The predicted molar refractivity (Wildman–Crippen MR) is 80.0 cm³/mol. The average molecular weight is 269 g/mol. The number of carbonyl (C=O) groups is 1. The van der Waals surface area contributed by atoms with Crippen molar-refractivity contribution in [3.63, 3.8) is 0 Å². The molecule has 0 bridgehead atoms. The Morgan fingerprint density at radius 1 is 1.32 bits per heavy atom. The molecule has 0 radical (unpaired) electrons. The molecule has 1 rings (SSSR count). The molecular weight excluding hydrogens is 238 g/mol. The van der Waals surface area contributed by atoms with Crippen LogP contribution >= 0.6 is 0 Å². The summed E-state index contributed by atoms with van der Waals surface area (Å²) in [4.78, 5) is 16.9. The first-order valence-corrected chi connectivity index (χ1v) is 7.57. The highest BCUT2D eigenvalue weighted by Gasteiger charge is 2.44. The highest BCUT2D eigenvalue weighted by Crippen LogP contribution is 2.23. The van der Waals surface area contributed by atoms with Gasteiger partial charge in [-0.25, -0.2) is 0 Å². The van der Waals surface area contributed by atoms with E-state index in [4.69, 9.17) is 0 Å². The van der Waals surface area contributed by atoms with E-state index in [9.17, 15) is 4.79 Å². The largest absolute Gasteiger partial charge is 0.325 e. The van der Waals surface area contributed by atoms with Crippen molar-refractivity contribution in [1.82, 2.24) is 15.1 Å². The van der Waals surface area contributed by atoms with Gasteiger partial charge in [-0.1, -0.05) is 6.92 Å². The zero-order chi connectivity index (χ0) is 14.8. The standard InChI is InChI=1S/C15H31N3O/c1-8-15(7)14(19)18(13(6)16-15)10-9-17(11(2)3)12(4)5/h11-13,16H,8-10H2,1-7H3. The van der Waals surface area contributed by atoms with E-state index in [1.54, 1.807) is 0 Å². The van der Waals surface area contributed by atoms with Gasteiger partial charge in [-0.2, -0.15) is 0 Å². The third-order valence-electron chi connectivity index (χ3n) is 4.36. The molecule has 1 saturated heterocycles. The molecule has 1 fully saturated rings. The van der Waals surface area contributed by atoms with Crippen molar-refractivity contribution in [3.8, 4) is 0 Å². The highest BCUT2D eigenvalue weighted by molar-refractivity contribution is 5.88. The fraction of sp³-hybridized carbons (Fsp3) is 0.933. The number of carbonyl (C=O) groups excluding carboxylic acids is 1. The first-order chi connectivity index (χ1) is 8.73. The second-order valence-corrected chi connectivity index (χ2v) is 6.43. The Balaban J connectivity index is 2.65. The zero-order valence-corrected chi connectivity index (χ0v) is 13.7. The van der Waals surface area contributed by atoms with Crippen LogP contribution < -0.4 is 5.32 Å². The molecule has 0 saturated carbocycles. The van der Waals surface area contributed by atoms with Gasteiger partial charge in [0.25, 0.3) is 0 Å². The molecule has 1 N–H and O–H groups in total. The van der Waals surface area contributed by atoms with Crippen LogP contribution in [0.3, 0.4) is 0 Å². The number of nitrogens with zero attached hydrogens (tertiary/aromatic N) is 2. The summed E-state index contributed by atoms with van der Waals surface area (Å²) < 4.78 is 0. The minimum Gasteiger partial charge on any atom is -0.325 e. The van der Waals surface area contributed by atoms with Crippen molar-refractivity contribution in [3.05, 3.63) is 0 Å². The van der Waals surface area contributed by atoms with Gasteiger partial charge in [0.1, 0.15) is 0 Å². The monoisotopic (exact) mass is 269 g/mol. The fourth-order valence-corrected chi connectivity index (χ4v) is 2.98. The molecule has 0 spiro atoms. The fourth-order valence-electron chi connectivity index (χ4n) is 2.98. The predicted octanol–water partition coefficient (Wildman–Crippen LogP) is 2.05. The lowest BCUT2D eigenvalue weighted by Gasteiger charge is -2.33. The van der Waals surface area contributed by atoms with Crippen LogP contribution in [0.4, 0.5) is 0 Å². The Morgan fingerprint density at radius 3 is 2.21 bits per heavy atom. The lowest BCUT2D eigenvalue weighted by Crippen LogP contribution is -2.46. The van der Waals surface area contributed by atoms with E-state index in [0.717, 1.165) is 19.5 Å². The van der Waals surface area contributed by atoms with E-state index in [-0.39, 0.29) is 17.6 Å². The third-order valence-corrected chi connectivity index (χ3v) is 4.36. The summed E-state index contributed by atoms with van der Waals surface area (Å²) in [6.45, 7) is 16.7. The molecule has 0 aromatic carbocycles. The van der Waals surface area contributed by atoms with Gasteiger partial charge >= 0.3 is 0 Å². The van der Waals surface area contributed by atoms with Crippen molar-refractivity contribution < 1.29 is 4.79 Å². The van der Waals surface area contributed by atoms with Crippen LogP contribution in [0, 0.1) is 0 Å². The maximum absolute atomic E-state index is 12.5. The van der Waals surface area contributed by atoms with E-state index < -0.39 is 0 Å². The number of amides is 1. The van der Waals surface area contributed by atoms with Gasteiger partial charge in [-0.15, -0.1) is 0 Å². The van der Waals surface area contributed by atoms with Crippen LogP contribution in [0.1, 0.15) is 54.9 Å². The molecule has 0 aliphatic carbocycles.